The highest BCUT2D eigenvalue weighted by atomic mass is 79.9. The molecule has 0 aromatic heterocycles. The molecule has 2 rings (SSSR count). The lowest BCUT2D eigenvalue weighted by Crippen LogP contribution is -2.49. The Kier molecular flexibility index (Phi) is 6.01. The summed E-state index contributed by atoms with van der Waals surface area (Å²) in [5, 5.41) is 0. The largest absolute Gasteiger partial charge is 0.493 e. The molecule has 1 aromatic carbocycles. The molecule has 1 aromatic rings. The van der Waals surface area contributed by atoms with E-state index in [0.29, 0.717) is 40.9 Å². The number of carbonyl (C=O) groups is 2. The molecule has 0 saturated carbocycles. The monoisotopic (exact) mass is 385 g/mol. The molecule has 0 bridgehead atoms. The van der Waals surface area contributed by atoms with Gasteiger partial charge in [-0.15, -0.1) is 0 Å². The van der Waals surface area contributed by atoms with E-state index in [9.17, 15) is 9.59 Å². The van der Waals surface area contributed by atoms with E-state index in [1.165, 1.54) is 7.11 Å². The molecule has 23 heavy (non-hydrogen) atoms. The second kappa shape index (κ2) is 7.79. The molecule has 0 N–H and O–H groups in total. The molecule has 7 heteroatoms. The lowest BCUT2D eigenvalue weighted by atomic mass is 10.2. The van der Waals surface area contributed by atoms with Crippen LogP contribution in [0.1, 0.15) is 24.2 Å². The van der Waals surface area contributed by atoms with Crippen LogP contribution in [-0.4, -0.2) is 56.1 Å². The minimum atomic E-state index is -0.121. The SMILES string of the molecule is COc1cc(Br)c(C=O)cc1OCC(=O)N1C[C@H](C)O[C@@H](C)C1. The van der Waals surface area contributed by atoms with Crippen molar-refractivity contribution in [3.8, 4) is 11.5 Å². The zero-order valence-corrected chi connectivity index (χ0v) is 15.0. The van der Waals surface area contributed by atoms with E-state index in [4.69, 9.17) is 14.2 Å². The van der Waals surface area contributed by atoms with E-state index < -0.39 is 0 Å². The third kappa shape index (κ3) is 4.45. The molecular formula is C16H20BrNO5. The van der Waals surface area contributed by atoms with Gasteiger partial charge in [0, 0.05) is 23.1 Å². The fourth-order valence-corrected chi connectivity index (χ4v) is 2.94. The van der Waals surface area contributed by atoms with Crippen molar-refractivity contribution in [2.45, 2.75) is 26.1 Å². The number of amides is 1. The molecule has 6 nitrogen and oxygen atoms in total. The Bertz CT molecular complexity index is 582. The zero-order chi connectivity index (χ0) is 17.0. The van der Waals surface area contributed by atoms with E-state index in [1.54, 1.807) is 17.0 Å². The van der Waals surface area contributed by atoms with Crippen LogP contribution in [-0.2, 0) is 9.53 Å². The molecular weight excluding hydrogens is 366 g/mol. The summed E-state index contributed by atoms with van der Waals surface area (Å²) < 4.78 is 17.0. The van der Waals surface area contributed by atoms with Gasteiger partial charge in [-0.1, -0.05) is 0 Å². The van der Waals surface area contributed by atoms with Crippen LogP contribution in [0, 0.1) is 0 Å². The first-order valence-electron chi connectivity index (χ1n) is 7.33. The van der Waals surface area contributed by atoms with Crippen LogP contribution in [0.15, 0.2) is 16.6 Å². The molecule has 2 atom stereocenters. The number of hydrogen-bond acceptors (Lipinski definition) is 5. The van der Waals surface area contributed by atoms with Gasteiger partial charge >= 0.3 is 0 Å². The highest BCUT2D eigenvalue weighted by Gasteiger charge is 2.26. The highest BCUT2D eigenvalue weighted by molar-refractivity contribution is 9.10. The number of ether oxygens (including phenoxy) is 3. The summed E-state index contributed by atoms with van der Waals surface area (Å²) in [5.74, 6) is 0.698. The summed E-state index contributed by atoms with van der Waals surface area (Å²) in [6.07, 6.45) is 0.724. The van der Waals surface area contributed by atoms with E-state index in [1.807, 2.05) is 13.8 Å². The molecule has 0 radical (unpaired) electrons. The summed E-state index contributed by atoms with van der Waals surface area (Å²) in [7, 11) is 1.50. The fourth-order valence-electron chi connectivity index (χ4n) is 2.53. The van der Waals surface area contributed by atoms with Crippen LogP contribution in [0.2, 0.25) is 0 Å². The van der Waals surface area contributed by atoms with Crippen molar-refractivity contribution in [2.24, 2.45) is 0 Å². The smallest absolute Gasteiger partial charge is 0.260 e. The Hall–Kier alpha value is -1.60. The first-order valence-corrected chi connectivity index (χ1v) is 8.12. The van der Waals surface area contributed by atoms with E-state index in [2.05, 4.69) is 15.9 Å². The van der Waals surface area contributed by atoms with Crippen molar-refractivity contribution in [1.29, 1.82) is 0 Å². The van der Waals surface area contributed by atoms with Crippen molar-refractivity contribution in [3.05, 3.63) is 22.2 Å². The Morgan fingerprint density at radius 2 is 2.00 bits per heavy atom. The van der Waals surface area contributed by atoms with Crippen molar-refractivity contribution in [1.82, 2.24) is 4.90 Å². The van der Waals surface area contributed by atoms with E-state index >= 15 is 0 Å². The van der Waals surface area contributed by atoms with Crippen molar-refractivity contribution < 1.29 is 23.8 Å². The Labute approximate surface area is 143 Å². The van der Waals surface area contributed by atoms with Crippen LogP contribution in [0.5, 0.6) is 11.5 Å². The van der Waals surface area contributed by atoms with Gasteiger partial charge in [-0.05, 0) is 41.9 Å². The van der Waals surface area contributed by atoms with Crippen LogP contribution in [0.3, 0.4) is 0 Å². The fraction of sp³-hybridized carbons (Fsp3) is 0.500. The maximum Gasteiger partial charge on any atom is 0.260 e. The van der Waals surface area contributed by atoms with Gasteiger partial charge in [0.2, 0.25) is 0 Å². The Morgan fingerprint density at radius 1 is 1.35 bits per heavy atom. The van der Waals surface area contributed by atoms with Gasteiger partial charge in [-0.25, -0.2) is 0 Å². The molecule has 1 fully saturated rings. The number of rotatable bonds is 5. The Balaban J connectivity index is 2.05. The summed E-state index contributed by atoms with van der Waals surface area (Å²) >= 11 is 3.28. The van der Waals surface area contributed by atoms with E-state index in [0.717, 1.165) is 0 Å². The predicted molar refractivity (Wildman–Crippen MR) is 88.2 cm³/mol. The molecule has 1 amide bonds. The lowest BCUT2D eigenvalue weighted by Gasteiger charge is -2.35. The standard InChI is InChI=1S/C16H20BrNO5/c1-10-6-18(7-11(2)23-10)16(20)9-22-15-4-12(8-19)13(17)5-14(15)21-3/h4-5,8,10-11H,6-7,9H2,1-3H3/t10-,11-/m0/s1. The number of hydrogen-bond donors (Lipinski definition) is 0. The number of nitrogens with zero attached hydrogens (tertiary/aromatic N) is 1. The van der Waals surface area contributed by atoms with Crippen LogP contribution in [0.4, 0.5) is 0 Å². The van der Waals surface area contributed by atoms with Gasteiger partial charge in [-0.2, -0.15) is 0 Å². The van der Waals surface area contributed by atoms with Gasteiger partial charge < -0.3 is 19.1 Å². The topological polar surface area (TPSA) is 65.1 Å². The number of aldehydes is 1. The molecule has 1 aliphatic heterocycles. The molecule has 126 valence electrons. The van der Waals surface area contributed by atoms with Crippen molar-refractivity contribution >= 4 is 28.1 Å². The van der Waals surface area contributed by atoms with Gasteiger partial charge in [0.05, 0.1) is 19.3 Å². The molecule has 1 saturated heterocycles. The second-order valence-electron chi connectivity index (χ2n) is 5.49. The number of halogens is 1. The van der Waals surface area contributed by atoms with Gasteiger partial charge in [-0.3, -0.25) is 9.59 Å². The number of methoxy groups -OCH3 is 1. The van der Waals surface area contributed by atoms with Gasteiger partial charge in [0.15, 0.2) is 24.4 Å². The molecule has 0 spiro atoms. The lowest BCUT2D eigenvalue weighted by molar-refractivity contribution is -0.145. The van der Waals surface area contributed by atoms with Gasteiger partial charge in [0.25, 0.3) is 5.91 Å². The summed E-state index contributed by atoms with van der Waals surface area (Å²) in [4.78, 5) is 25.1. The molecule has 0 unspecified atom stereocenters. The maximum absolute atomic E-state index is 12.3. The first-order chi connectivity index (χ1) is 10.9. The highest BCUT2D eigenvalue weighted by Crippen LogP contribution is 2.32. The minimum absolute atomic E-state index is 0.00610. The van der Waals surface area contributed by atoms with Crippen LogP contribution >= 0.6 is 15.9 Å². The predicted octanol–water partition coefficient (Wildman–Crippen LogP) is 2.28. The summed E-state index contributed by atoms with van der Waals surface area (Å²) in [6.45, 7) is 4.85. The summed E-state index contributed by atoms with van der Waals surface area (Å²) in [6, 6.07) is 3.19. The third-order valence-electron chi connectivity index (χ3n) is 3.53. The molecule has 0 aliphatic carbocycles. The average Bonchev–Trinajstić information content (AvgIpc) is 2.51. The normalized spacial score (nSPS) is 21.0. The number of morpholine rings is 1. The Morgan fingerprint density at radius 3 is 2.57 bits per heavy atom. The average molecular weight is 386 g/mol. The van der Waals surface area contributed by atoms with Gasteiger partial charge in [0.1, 0.15) is 0 Å². The third-order valence-corrected chi connectivity index (χ3v) is 4.22. The first kappa shape index (κ1) is 17.7. The van der Waals surface area contributed by atoms with Crippen molar-refractivity contribution in [3.63, 3.8) is 0 Å². The maximum atomic E-state index is 12.3. The minimum Gasteiger partial charge on any atom is -0.493 e. The number of benzene rings is 1. The second-order valence-corrected chi connectivity index (χ2v) is 6.34. The van der Waals surface area contributed by atoms with Crippen molar-refractivity contribution in [2.75, 3.05) is 26.8 Å². The summed E-state index contributed by atoms with van der Waals surface area (Å²) in [5.41, 5.74) is 0.432. The zero-order valence-electron chi connectivity index (χ0n) is 13.4. The van der Waals surface area contributed by atoms with Crippen LogP contribution < -0.4 is 9.47 Å². The molecule has 1 heterocycles. The van der Waals surface area contributed by atoms with E-state index in [-0.39, 0.29) is 24.7 Å². The quantitative estimate of drug-likeness (QED) is 0.727. The van der Waals surface area contributed by atoms with Crippen LogP contribution in [0.25, 0.3) is 0 Å². The molecule has 1 aliphatic rings. The number of carbonyl (C=O) groups excluding carboxylic acids is 2.